The summed E-state index contributed by atoms with van der Waals surface area (Å²) in [5, 5.41) is 1.08. The van der Waals surface area contributed by atoms with Crippen molar-refractivity contribution in [3.05, 3.63) is 36.0 Å². The molecule has 2 aromatic rings. The number of benzene rings is 1. The molecule has 1 amide bonds. The van der Waals surface area contributed by atoms with Gasteiger partial charge in [-0.1, -0.05) is 6.92 Å². The van der Waals surface area contributed by atoms with Gasteiger partial charge in [0, 0.05) is 35.2 Å². The minimum atomic E-state index is 0.120. The highest BCUT2D eigenvalue weighted by atomic mass is 16.2. The number of aromatic amines is 1. The lowest BCUT2D eigenvalue weighted by Crippen LogP contribution is -2.38. The van der Waals surface area contributed by atoms with Crippen molar-refractivity contribution in [1.82, 2.24) is 9.88 Å². The van der Waals surface area contributed by atoms with E-state index in [1.807, 2.05) is 42.3 Å². The molecule has 1 unspecified atom stereocenters. The molecule has 0 saturated carbocycles. The van der Waals surface area contributed by atoms with Gasteiger partial charge in [0.15, 0.2) is 0 Å². The zero-order chi connectivity index (χ0) is 13.1. The summed E-state index contributed by atoms with van der Waals surface area (Å²) in [6.45, 7) is 6.98. The molecule has 3 heteroatoms. The van der Waals surface area contributed by atoms with Gasteiger partial charge in [0.05, 0.1) is 0 Å². The molecule has 0 aliphatic rings. The van der Waals surface area contributed by atoms with Crippen LogP contribution in [0, 0.1) is 0 Å². The molecule has 0 fully saturated rings. The SMILES string of the molecule is CCC(C)N(CC)C(=O)c1ccc2[nH]ccc2c1. The second kappa shape index (κ2) is 5.25. The van der Waals surface area contributed by atoms with Gasteiger partial charge in [0.2, 0.25) is 0 Å². The normalized spacial score (nSPS) is 12.6. The second-order valence-electron chi connectivity index (χ2n) is 4.63. The molecule has 18 heavy (non-hydrogen) atoms. The highest BCUT2D eigenvalue weighted by Gasteiger charge is 2.18. The number of amides is 1. The molecule has 1 aromatic carbocycles. The van der Waals surface area contributed by atoms with Gasteiger partial charge in [-0.05, 0) is 44.5 Å². The minimum Gasteiger partial charge on any atom is -0.361 e. The first-order valence-electron chi connectivity index (χ1n) is 6.55. The van der Waals surface area contributed by atoms with Crippen LogP contribution in [0.5, 0.6) is 0 Å². The zero-order valence-electron chi connectivity index (χ0n) is 11.2. The van der Waals surface area contributed by atoms with Gasteiger partial charge < -0.3 is 9.88 Å². The maximum atomic E-state index is 12.5. The van der Waals surface area contributed by atoms with Crippen molar-refractivity contribution in [1.29, 1.82) is 0 Å². The predicted molar refractivity (Wildman–Crippen MR) is 74.8 cm³/mol. The molecular formula is C15H20N2O. The van der Waals surface area contributed by atoms with Crippen molar-refractivity contribution in [3.63, 3.8) is 0 Å². The maximum absolute atomic E-state index is 12.5. The number of fused-ring (bicyclic) bond motifs is 1. The quantitative estimate of drug-likeness (QED) is 0.878. The number of aromatic nitrogens is 1. The van der Waals surface area contributed by atoms with Gasteiger partial charge in [-0.2, -0.15) is 0 Å². The van der Waals surface area contributed by atoms with Crippen molar-refractivity contribution < 1.29 is 4.79 Å². The van der Waals surface area contributed by atoms with Crippen LogP contribution in [0.25, 0.3) is 10.9 Å². The fourth-order valence-corrected chi connectivity index (χ4v) is 2.23. The first-order valence-corrected chi connectivity index (χ1v) is 6.55. The third-order valence-electron chi connectivity index (χ3n) is 3.52. The first-order chi connectivity index (χ1) is 8.67. The number of hydrogen-bond acceptors (Lipinski definition) is 1. The van der Waals surface area contributed by atoms with Crippen LogP contribution in [-0.4, -0.2) is 28.4 Å². The lowest BCUT2D eigenvalue weighted by atomic mass is 10.1. The van der Waals surface area contributed by atoms with E-state index in [2.05, 4.69) is 18.8 Å². The topological polar surface area (TPSA) is 36.1 Å². The average molecular weight is 244 g/mol. The largest absolute Gasteiger partial charge is 0.361 e. The van der Waals surface area contributed by atoms with E-state index in [0.717, 1.165) is 29.4 Å². The first kappa shape index (κ1) is 12.7. The molecule has 96 valence electrons. The van der Waals surface area contributed by atoms with Crippen molar-refractivity contribution >= 4 is 16.8 Å². The monoisotopic (exact) mass is 244 g/mol. The van der Waals surface area contributed by atoms with E-state index in [0.29, 0.717) is 0 Å². The summed E-state index contributed by atoms with van der Waals surface area (Å²) < 4.78 is 0. The molecule has 2 rings (SSSR count). The lowest BCUT2D eigenvalue weighted by Gasteiger charge is -2.27. The molecule has 1 N–H and O–H groups in total. The number of H-pyrrole nitrogens is 1. The molecule has 1 atom stereocenters. The Labute approximate surface area is 108 Å². The predicted octanol–water partition coefficient (Wildman–Crippen LogP) is 3.43. The molecule has 0 radical (unpaired) electrons. The van der Waals surface area contributed by atoms with Crippen molar-refractivity contribution in [2.75, 3.05) is 6.54 Å². The van der Waals surface area contributed by atoms with E-state index in [4.69, 9.17) is 0 Å². The molecule has 0 saturated heterocycles. The van der Waals surface area contributed by atoms with E-state index in [9.17, 15) is 4.79 Å². The Hall–Kier alpha value is -1.77. The highest BCUT2D eigenvalue weighted by Crippen LogP contribution is 2.17. The van der Waals surface area contributed by atoms with Gasteiger partial charge >= 0.3 is 0 Å². The van der Waals surface area contributed by atoms with Crippen LogP contribution in [0.15, 0.2) is 30.5 Å². The second-order valence-corrected chi connectivity index (χ2v) is 4.63. The van der Waals surface area contributed by atoms with E-state index >= 15 is 0 Å². The third kappa shape index (κ3) is 2.26. The van der Waals surface area contributed by atoms with Crippen LogP contribution in [0.4, 0.5) is 0 Å². The molecular weight excluding hydrogens is 224 g/mol. The lowest BCUT2D eigenvalue weighted by molar-refractivity contribution is 0.0700. The average Bonchev–Trinajstić information content (AvgIpc) is 2.86. The number of hydrogen-bond donors (Lipinski definition) is 1. The Balaban J connectivity index is 2.31. The summed E-state index contributed by atoms with van der Waals surface area (Å²) in [5.74, 6) is 0.120. The van der Waals surface area contributed by atoms with E-state index in [-0.39, 0.29) is 11.9 Å². The van der Waals surface area contributed by atoms with Crippen LogP contribution < -0.4 is 0 Å². The molecule has 1 heterocycles. The Morgan fingerprint density at radius 1 is 1.33 bits per heavy atom. The Morgan fingerprint density at radius 3 is 2.78 bits per heavy atom. The fourth-order valence-electron chi connectivity index (χ4n) is 2.23. The number of nitrogens with zero attached hydrogens (tertiary/aromatic N) is 1. The zero-order valence-corrected chi connectivity index (χ0v) is 11.2. The minimum absolute atomic E-state index is 0.120. The summed E-state index contributed by atoms with van der Waals surface area (Å²) in [4.78, 5) is 17.5. The summed E-state index contributed by atoms with van der Waals surface area (Å²) >= 11 is 0. The highest BCUT2D eigenvalue weighted by molar-refractivity contribution is 5.98. The van der Waals surface area contributed by atoms with Crippen LogP contribution in [-0.2, 0) is 0 Å². The molecule has 0 spiro atoms. The third-order valence-corrected chi connectivity index (χ3v) is 3.52. The van der Waals surface area contributed by atoms with Crippen LogP contribution in [0.2, 0.25) is 0 Å². The maximum Gasteiger partial charge on any atom is 0.254 e. The summed E-state index contributed by atoms with van der Waals surface area (Å²) in [7, 11) is 0. The molecule has 0 aliphatic heterocycles. The van der Waals surface area contributed by atoms with Crippen molar-refractivity contribution in [3.8, 4) is 0 Å². The number of nitrogens with one attached hydrogen (secondary N) is 1. The van der Waals surface area contributed by atoms with Gasteiger partial charge in [0.25, 0.3) is 5.91 Å². The summed E-state index contributed by atoms with van der Waals surface area (Å²) in [5.41, 5.74) is 1.84. The molecule has 3 nitrogen and oxygen atoms in total. The standard InChI is InChI=1S/C15H20N2O/c1-4-11(3)17(5-2)15(18)13-6-7-14-12(10-13)8-9-16-14/h6-11,16H,4-5H2,1-3H3. The smallest absolute Gasteiger partial charge is 0.254 e. The number of carbonyl (C=O) groups is 1. The van der Waals surface area contributed by atoms with Crippen LogP contribution in [0.3, 0.4) is 0 Å². The van der Waals surface area contributed by atoms with Gasteiger partial charge in [-0.25, -0.2) is 0 Å². The van der Waals surface area contributed by atoms with E-state index < -0.39 is 0 Å². The number of carbonyl (C=O) groups excluding carboxylic acids is 1. The van der Waals surface area contributed by atoms with Crippen molar-refractivity contribution in [2.24, 2.45) is 0 Å². The van der Waals surface area contributed by atoms with Gasteiger partial charge in [-0.15, -0.1) is 0 Å². The fraction of sp³-hybridized carbons (Fsp3) is 0.400. The van der Waals surface area contributed by atoms with E-state index in [1.165, 1.54) is 0 Å². The Morgan fingerprint density at radius 2 is 2.11 bits per heavy atom. The van der Waals surface area contributed by atoms with Gasteiger partial charge in [0.1, 0.15) is 0 Å². The summed E-state index contributed by atoms with van der Waals surface area (Å²) in [6, 6.07) is 8.09. The van der Waals surface area contributed by atoms with E-state index in [1.54, 1.807) is 0 Å². The number of rotatable bonds is 4. The molecule has 0 aliphatic carbocycles. The van der Waals surface area contributed by atoms with Crippen molar-refractivity contribution in [2.45, 2.75) is 33.2 Å². The van der Waals surface area contributed by atoms with Gasteiger partial charge in [-0.3, -0.25) is 4.79 Å². The Kier molecular flexibility index (Phi) is 3.70. The van der Waals surface area contributed by atoms with Crippen LogP contribution in [0.1, 0.15) is 37.6 Å². The Bertz CT molecular complexity index is 544. The molecule has 1 aromatic heterocycles. The van der Waals surface area contributed by atoms with Crippen LogP contribution >= 0.6 is 0 Å². The summed E-state index contributed by atoms with van der Waals surface area (Å²) in [6.07, 6.45) is 2.87. The molecule has 0 bridgehead atoms.